The van der Waals surface area contributed by atoms with Gasteiger partial charge in [0.2, 0.25) is 5.91 Å². The molecule has 1 saturated heterocycles. The van der Waals surface area contributed by atoms with Crippen molar-refractivity contribution >= 4 is 5.91 Å². The first-order valence-electron chi connectivity index (χ1n) is 5.10. The maximum Gasteiger partial charge on any atom is 0.246 e. The third-order valence-corrected chi connectivity index (χ3v) is 2.50. The number of carbonyl (C=O) groups excluding carboxylic acids is 1. The standard InChI is InChI=1S/C9H17NO7/c1-16-3-5(12)10-6-8(14)7(13)4(2-11)17-9(6)15/h4,6-9,11,13-15H,2-3H2,1H3,(H,10,12)/t4?,6?,7-,8-,9?/m1/s1. The van der Waals surface area contributed by atoms with Crippen LogP contribution in [0.4, 0.5) is 0 Å². The highest BCUT2D eigenvalue weighted by Crippen LogP contribution is 2.19. The molecule has 1 rings (SSSR count). The number of carbonyl (C=O) groups is 1. The summed E-state index contributed by atoms with van der Waals surface area (Å²) in [5, 5.41) is 39.8. The molecule has 100 valence electrons. The van der Waals surface area contributed by atoms with Gasteiger partial charge in [0.1, 0.15) is 31.0 Å². The number of hydrogen-bond acceptors (Lipinski definition) is 7. The van der Waals surface area contributed by atoms with Crippen molar-refractivity contribution in [2.45, 2.75) is 30.6 Å². The van der Waals surface area contributed by atoms with E-state index in [0.29, 0.717) is 0 Å². The van der Waals surface area contributed by atoms with Crippen molar-refractivity contribution in [3.63, 3.8) is 0 Å². The number of rotatable bonds is 4. The fourth-order valence-corrected chi connectivity index (χ4v) is 1.61. The van der Waals surface area contributed by atoms with Crippen molar-refractivity contribution < 1.29 is 34.7 Å². The Balaban J connectivity index is 2.63. The molecule has 0 aromatic rings. The maximum atomic E-state index is 11.2. The zero-order chi connectivity index (χ0) is 13.0. The van der Waals surface area contributed by atoms with Gasteiger partial charge in [0, 0.05) is 7.11 Å². The highest BCUT2D eigenvalue weighted by molar-refractivity contribution is 5.77. The number of amides is 1. The summed E-state index contributed by atoms with van der Waals surface area (Å²) in [5.74, 6) is -0.561. The molecular formula is C9H17NO7. The lowest BCUT2D eigenvalue weighted by molar-refractivity contribution is -0.254. The molecule has 5 N–H and O–H groups in total. The van der Waals surface area contributed by atoms with Crippen LogP contribution >= 0.6 is 0 Å². The van der Waals surface area contributed by atoms with E-state index in [2.05, 4.69) is 10.1 Å². The lowest BCUT2D eigenvalue weighted by Crippen LogP contribution is -2.64. The third kappa shape index (κ3) is 3.35. The average Bonchev–Trinajstić information content (AvgIpc) is 2.29. The molecular weight excluding hydrogens is 234 g/mol. The minimum Gasteiger partial charge on any atom is -0.394 e. The van der Waals surface area contributed by atoms with E-state index >= 15 is 0 Å². The van der Waals surface area contributed by atoms with Gasteiger partial charge in [-0.2, -0.15) is 0 Å². The molecule has 0 aliphatic carbocycles. The predicted molar refractivity (Wildman–Crippen MR) is 53.8 cm³/mol. The highest BCUT2D eigenvalue weighted by atomic mass is 16.6. The van der Waals surface area contributed by atoms with Gasteiger partial charge in [-0.15, -0.1) is 0 Å². The second kappa shape index (κ2) is 6.24. The summed E-state index contributed by atoms with van der Waals surface area (Å²) in [6, 6.07) is -1.17. The molecule has 0 aromatic heterocycles. The first-order chi connectivity index (χ1) is 8.01. The van der Waals surface area contributed by atoms with Crippen LogP contribution in [-0.4, -0.2) is 77.3 Å². The zero-order valence-electron chi connectivity index (χ0n) is 9.31. The molecule has 0 spiro atoms. The molecule has 5 atom stereocenters. The van der Waals surface area contributed by atoms with E-state index in [1.165, 1.54) is 7.11 Å². The molecule has 1 heterocycles. The highest BCUT2D eigenvalue weighted by Gasteiger charge is 2.44. The van der Waals surface area contributed by atoms with Crippen molar-refractivity contribution in [3.8, 4) is 0 Å². The van der Waals surface area contributed by atoms with Gasteiger partial charge in [-0.1, -0.05) is 0 Å². The molecule has 17 heavy (non-hydrogen) atoms. The van der Waals surface area contributed by atoms with Gasteiger partial charge in [0.15, 0.2) is 6.29 Å². The Bertz CT molecular complexity index is 262. The zero-order valence-corrected chi connectivity index (χ0v) is 9.31. The Morgan fingerprint density at radius 3 is 2.53 bits per heavy atom. The van der Waals surface area contributed by atoms with Gasteiger partial charge in [-0.25, -0.2) is 0 Å². The van der Waals surface area contributed by atoms with E-state index < -0.39 is 43.2 Å². The predicted octanol–water partition coefficient (Wildman–Crippen LogP) is -3.45. The number of ether oxygens (including phenoxy) is 2. The Labute approximate surface area is 97.8 Å². The second-order valence-corrected chi connectivity index (χ2v) is 3.76. The normalized spacial score (nSPS) is 37.8. The third-order valence-electron chi connectivity index (χ3n) is 2.50. The van der Waals surface area contributed by atoms with Crippen LogP contribution in [0, 0.1) is 0 Å². The summed E-state index contributed by atoms with van der Waals surface area (Å²) in [7, 11) is 1.32. The van der Waals surface area contributed by atoms with Gasteiger partial charge >= 0.3 is 0 Å². The lowest BCUT2D eigenvalue weighted by atomic mass is 9.97. The van der Waals surface area contributed by atoms with E-state index in [0.717, 1.165) is 0 Å². The molecule has 8 heteroatoms. The number of methoxy groups -OCH3 is 1. The van der Waals surface area contributed by atoms with Crippen LogP contribution < -0.4 is 5.32 Å². The average molecular weight is 251 g/mol. The van der Waals surface area contributed by atoms with Crippen molar-refractivity contribution in [1.82, 2.24) is 5.32 Å². The van der Waals surface area contributed by atoms with E-state index in [-0.39, 0.29) is 6.61 Å². The molecule has 3 unspecified atom stereocenters. The van der Waals surface area contributed by atoms with Crippen LogP contribution in [0.5, 0.6) is 0 Å². The number of hydrogen-bond donors (Lipinski definition) is 5. The van der Waals surface area contributed by atoms with E-state index in [1.54, 1.807) is 0 Å². The fraction of sp³-hybridized carbons (Fsp3) is 0.889. The minimum absolute atomic E-state index is 0.241. The van der Waals surface area contributed by atoms with Gasteiger partial charge in [-0.3, -0.25) is 4.79 Å². The van der Waals surface area contributed by atoms with Crippen LogP contribution in [0.1, 0.15) is 0 Å². The SMILES string of the molecule is COCC(=O)NC1C(O)OC(CO)[C@@H](O)[C@@H]1O. The molecule has 1 fully saturated rings. The van der Waals surface area contributed by atoms with E-state index in [4.69, 9.17) is 9.84 Å². The minimum atomic E-state index is -1.51. The van der Waals surface area contributed by atoms with Crippen molar-refractivity contribution in [3.05, 3.63) is 0 Å². The largest absolute Gasteiger partial charge is 0.394 e. The molecule has 0 bridgehead atoms. The number of nitrogens with one attached hydrogen (secondary N) is 1. The quantitative estimate of drug-likeness (QED) is 0.351. The molecule has 1 amide bonds. The van der Waals surface area contributed by atoms with Gasteiger partial charge in [0.05, 0.1) is 6.61 Å². The molecule has 1 aliphatic rings. The summed E-state index contributed by atoms with van der Waals surface area (Å²) in [5.41, 5.74) is 0. The van der Waals surface area contributed by atoms with E-state index in [1.807, 2.05) is 0 Å². The second-order valence-electron chi connectivity index (χ2n) is 3.76. The topological polar surface area (TPSA) is 128 Å². The van der Waals surface area contributed by atoms with Crippen molar-refractivity contribution in [1.29, 1.82) is 0 Å². The number of aliphatic hydroxyl groups is 4. The van der Waals surface area contributed by atoms with E-state index in [9.17, 15) is 20.1 Å². The number of aliphatic hydroxyl groups excluding tert-OH is 4. The summed E-state index contributed by atoms with van der Waals surface area (Å²) in [4.78, 5) is 11.2. The van der Waals surface area contributed by atoms with Crippen LogP contribution in [-0.2, 0) is 14.3 Å². The Kier molecular flexibility index (Phi) is 5.25. The molecule has 8 nitrogen and oxygen atoms in total. The Hall–Kier alpha value is -0.770. The van der Waals surface area contributed by atoms with Crippen LogP contribution in [0.15, 0.2) is 0 Å². The van der Waals surface area contributed by atoms with Crippen LogP contribution in [0.2, 0.25) is 0 Å². The Morgan fingerprint density at radius 2 is 2.00 bits per heavy atom. The Morgan fingerprint density at radius 1 is 1.35 bits per heavy atom. The maximum absolute atomic E-state index is 11.2. The van der Waals surface area contributed by atoms with Crippen molar-refractivity contribution in [2.24, 2.45) is 0 Å². The molecule has 0 aromatic carbocycles. The molecule has 1 aliphatic heterocycles. The molecule has 0 saturated carbocycles. The van der Waals surface area contributed by atoms with Crippen LogP contribution in [0.3, 0.4) is 0 Å². The lowest BCUT2D eigenvalue weighted by Gasteiger charge is -2.40. The smallest absolute Gasteiger partial charge is 0.246 e. The summed E-state index contributed by atoms with van der Waals surface area (Å²) in [6.45, 7) is -0.788. The summed E-state index contributed by atoms with van der Waals surface area (Å²) in [6.07, 6.45) is -5.42. The summed E-state index contributed by atoms with van der Waals surface area (Å²) >= 11 is 0. The van der Waals surface area contributed by atoms with Crippen LogP contribution in [0.25, 0.3) is 0 Å². The van der Waals surface area contributed by atoms with Gasteiger partial charge in [-0.05, 0) is 0 Å². The summed E-state index contributed by atoms with van der Waals surface area (Å²) < 4.78 is 9.42. The van der Waals surface area contributed by atoms with Gasteiger partial charge < -0.3 is 35.2 Å². The van der Waals surface area contributed by atoms with Crippen molar-refractivity contribution in [2.75, 3.05) is 20.3 Å². The monoisotopic (exact) mass is 251 g/mol. The first-order valence-corrected chi connectivity index (χ1v) is 5.10. The first kappa shape index (κ1) is 14.3. The van der Waals surface area contributed by atoms with Gasteiger partial charge in [0.25, 0.3) is 0 Å². The molecule has 0 radical (unpaired) electrons. The fourth-order valence-electron chi connectivity index (χ4n) is 1.61.